The molecular weight excluding hydrogens is 226 g/mol. The van der Waals surface area contributed by atoms with E-state index in [0.29, 0.717) is 6.42 Å². The van der Waals surface area contributed by atoms with E-state index in [4.69, 9.17) is 10.00 Å². The van der Waals surface area contributed by atoms with Crippen LogP contribution in [0.1, 0.15) is 18.0 Å². The van der Waals surface area contributed by atoms with Crippen molar-refractivity contribution >= 4 is 17.3 Å². The lowest BCUT2D eigenvalue weighted by atomic mass is 10.2. The summed E-state index contributed by atoms with van der Waals surface area (Å²) in [5.74, 6) is -0.301. The number of nitriles is 1. The first kappa shape index (κ1) is 11.0. The van der Waals surface area contributed by atoms with Crippen molar-refractivity contribution < 1.29 is 9.53 Å². The van der Waals surface area contributed by atoms with Crippen LogP contribution in [-0.4, -0.2) is 30.1 Å². The number of rotatable bonds is 4. The molecule has 1 fully saturated rings. The molecule has 0 bridgehead atoms. The van der Waals surface area contributed by atoms with E-state index in [1.165, 1.54) is 11.3 Å². The number of carbonyl (C=O) groups excluding carboxylic acids is 1. The second-order valence-electron chi connectivity index (χ2n) is 3.63. The molecule has 16 heavy (non-hydrogen) atoms. The third kappa shape index (κ3) is 1.68. The van der Waals surface area contributed by atoms with E-state index in [9.17, 15) is 4.79 Å². The van der Waals surface area contributed by atoms with Crippen LogP contribution < -0.4 is 5.32 Å². The number of nitrogens with zero attached hydrogens (tertiary/aromatic N) is 2. The lowest BCUT2D eigenvalue weighted by Gasteiger charge is -2.13. The summed E-state index contributed by atoms with van der Waals surface area (Å²) < 4.78 is 4.85. The summed E-state index contributed by atoms with van der Waals surface area (Å²) in [7, 11) is 1.72. The predicted molar refractivity (Wildman–Crippen MR) is 57.8 cm³/mol. The highest BCUT2D eigenvalue weighted by molar-refractivity contribution is 7.07. The van der Waals surface area contributed by atoms with Crippen LogP contribution in [0, 0.1) is 11.3 Å². The molecule has 5 nitrogen and oxygen atoms in total. The maximum Gasteiger partial charge on any atom is 0.328 e. The van der Waals surface area contributed by atoms with Crippen LogP contribution >= 0.6 is 11.3 Å². The Balaban J connectivity index is 2.07. The van der Waals surface area contributed by atoms with Gasteiger partial charge < -0.3 is 10.1 Å². The molecule has 84 valence electrons. The summed E-state index contributed by atoms with van der Waals surface area (Å²) >= 11 is 1.51. The summed E-state index contributed by atoms with van der Waals surface area (Å²) in [6, 6.07) is 1.79. The van der Waals surface area contributed by atoms with Crippen LogP contribution in [0.3, 0.4) is 0 Å². The second-order valence-corrected chi connectivity index (χ2v) is 4.34. The zero-order chi connectivity index (χ0) is 11.6. The first-order valence-corrected chi connectivity index (χ1v) is 5.80. The third-order valence-corrected chi connectivity index (χ3v) is 3.45. The van der Waals surface area contributed by atoms with E-state index in [2.05, 4.69) is 10.3 Å². The van der Waals surface area contributed by atoms with Gasteiger partial charge in [-0.2, -0.15) is 5.26 Å². The van der Waals surface area contributed by atoms with Crippen LogP contribution in [0.4, 0.5) is 0 Å². The minimum Gasteiger partial charge on any atom is -0.449 e. The van der Waals surface area contributed by atoms with Crippen molar-refractivity contribution in [3.8, 4) is 6.07 Å². The molecule has 0 amide bonds. The Morgan fingerprint density at radius 1 is 1.94 bits per heavy atom. The first-order chi connectivity index (χ1) is 7.74. The highest BCUT2D eigenvalue weighted by Gasteiger charge is 2.62. The molecule has 0 spiro atoms. The molecule has 2 atom stereocenters. The van der Waals surface area contributed by atoms with Gasteiger partial charge in [-0.15, -0.1) is 11.3 Å². The van der Waals surface area contributed by atoms with Crippen molar-refractivity contribution in [3.63, 3.8) is 0 Å². The molecule has 0 radical (unpaired) electrons. The molecule has 2 unspecified atom stereocenters. The average molecular weight is 237 g/mol. The normalized spacial score (nSPS) is 27.1. The average Bonchev–Trinajstić information content (AvgIpc) is 2.81. The van der Waals surface area contributed by atoms with E-state index in [-0.39, 0.29) is 18.5 Å². The molecule has 1 aliphatic carbocycles. The number of thiazole rings is 1. The Morgan fingerprint density at radius 2 is 2.75 bits per heavy atom. The van der Waals surface area contributed by atoms with Crippen LogP contribution in [0.2, 0.25) is 0 Å². The number of esters is 1. The number of hydrogen-bond donors (Lipinski definition) is 1. The van der Waals surface area contributed by atoms with Crippen LogP contribution in [0.15, 0.2) is 10.9 Å². The molecular formula is C10H11N3O2S. The van der Waals surface area contributed by atoms with E-state index in [1.807, 2.05) is 5.38 Å². The quantitative estimate of drug-likeness (QED) is 0.778. The number of hydrogen-bond acceptors (Lipinski definition) is 6. The molecule has 6 heteroatoms. The third-order valence-electron chi connectivity index (χ3n) is 2.85. The molecule has 1 N–H and O–H groups in total. The van der Waals surface area contributed by atoms with Crippen molar-refractivity contribution in [1.29, 1.82) is 5.26 Å². The number of likely N-dealkylation sites (N-methyl/N-ethyl adjacent to an activating group) is 1. The van der Waals surface area contributed by atoms with Crippen LogP contribution in [0.25, 0.3) is 0 Å². The zero-order valence-electron chi connectivity index (χ0n) is 8.77. The smallest absolute Gasteiger partial charge is 0.328 e. The van der Waals surface area contributed by atoms with Gasteiger partial charge in [-0.1, -0.05) is 0 Å². The van der Waals surface area contributed by atoms with Gasteiger partial charge in [-0.3, -0.25) is 0 Å². The predicted octanol–water partition coefficient (Wildman–Crippen LogP) is 0.655. The Morgan fingerprint density at radius 3 is 3.31 bits per heavy atom. The molecule has 1 aromatic rings. The van der Waals surface area contributed by atoms with Crippen molar-refractivity contribution in [3.05, 3.63) is 16.6 Å². The van der Waals surface area contributed by atoms with Crippen LogP contribution in [0.5, 0.6) is 0 Å². The fourth-order valence-electron chi connectivity index (χ4n) is 1.84. The van der Waals surface area contributed by atoms with Crippen molar-refractivity contribution in [2.24, 2.45) is 0 Å². The summed E-state index contributed by atoms with van der Waals surface area (Å²) in [5.41, 5.74) is 1.98. The summed E-state index contributed by atoms with van der Waals surface area (Å²) in [6.07, 6.45) is 0.678. The zero-order valence-corrected chi connectivity index (χ0v) is 9.58. The lowest BCUT2D eigenvalue weighted by molar-refractivity contribution is -0.146. The van der Waals surface area contributed by atoms with E-state index in [1.54, 1.807) is 18.6 Å². The van der Waals surface area contributed by atoms with E-state index >= 15 is 0 Å². The van der Waals surface area contributed by atoms with Gasteiger partial charge in [0.05, 0.1) is 11.2 Å². The molecule has 0 aromatic carbocycles. The number of ether oxygens (including phenoxy) is 1. The van der Waals surface area contributed by atoms with Crippen molar-refractivity contribution in [1.82, 2.24) is 10.3 Å². The lowest BCUT2D eigenvalue weighted by Crippen LogP contribution is -2.40. The van der Waals surface area contributed by atoms with Crippen molar-refractivity contribution in [2.45, 2.75) is 17.9 Å². The summed E-state index contributed by atoms with van der Waals surface area (Å²) in [5, 5.41) is 13.3. The topological polar surface area (TPSA) is 75.0 Å². The fraction of sp³-hybridized carbons (Fsp3) is 0.500. The summed E-state index contributed by atoms with van der Waals surface area (Å²) in [6.45, 7) is -0.202. The van der Waals surface area contributed by atoms with Gasteiger partial charge in [-0.05, 0) is 13.5 Å². The Labute approximate surface area is 97.1 Å². The molecule has 1 aliphatic rings. The Hall–Kier alpha value is -1.45. The summed E-state index contributed by atoms with van der Waals surface area (Å²) in [4.78, 5) is 16.0. The number of carbonyl (C=O) groups is 1. The molecule has 2 rings (SSSR count). The van der Waals surface area contributed by atoms with Gasteiger partial charge in [-0.25, -0.2) is 9.78 Å². The van der Waals surface area contributed by atoms with Gasteiger partial charge in [0.1, 0.15) is 11.6 Å². The van der Waals surface area contributed by atoms with Crippen molar-refractivity contribution in [2.75, 3.05) is 13.7 Å². The van der Waals surface area contributed by atoms with Crippen LogP contribution in [-0.2, 0) is 9.53 Å². The number of nitrogens with one attached hydrogen (secondary N) is 1. The Bertz CT molecular complexity index is 426. The fourth-order valence-corrected chi connectivity index (χ4v) is 2.45. The first-order valence-electron chi connectivity index (χ1n) is 4.86. The van der Waals surface area contributed by atoms with Gasteiger partial charge >= 0.3 is 5.97 Å². The Kier molecular flexibility index (Phi) is 2.90. The second kappa shape index (κ2) is 4.20. The largest absolute Gasteiger partial charge is 0.449 e. The highest BCUT2D eigenvalue weighted by Crippen LogP contribution is 2.51. The SMILES string of the molecule is CNC1(C(=O)OCC#N)CC1c1cscn1. The molecule has 1 aromatic heterocycles. The van der Waals surface area contributed by atoms with Gasteiger partial charge in [0.2, 0.25) is 0 Å². The van der Waals surface area contributed by atoms with Gasteiger partial charge in [0.15, 0.2) is 6.61 Å². The standard InChI is InChI=1S/C10H11N3O2S/c1-12-10(9(14)15-3-2-11)4-7(10)8-5-16-6-13-8/h5-7,12H,3-4H2,1H3. The monoisotopic (exact) mass is 237 g/mol. The van der Waals surface area contributed by atoms with E-state index < -0.39 is 5.54 Å². The molecule has 0 aliphatic heterocycles. The number of aromatic nitrogens is 1. The minimum atomic E-state index is -0.676. The van der Waals surface area contributed by atoms with E-state index in [0.717, 1.165) is 5.69 Å². The maximum absolute atomic E-state index is 11.8. The van der Waals surface area contributed by atoms with Gasteiger partial charge in [0, 0.05) is 11.3 Å². The van der Waals surface area contributed by atoms with Gasteiger partial charge in [0.25, 0.3) is 0 Å². The molecule has 1 heterocycles. The minimum absolute atomic E-state index is 0.0648. The highest BCUT2D eigenvalue weighted by atomic mass is 32.1. The maximum atomic E-state index is 11.8. The molecule has 0 saturated heterocycles. The molecule has 1 saturated carbocycles.